The Hall–Kier alpha value is -4.13. The van der Waals surface area contributed by atoms with E-state index in [2.05, 4.69) is 5.32 Å². The normalized spacial score (nSPS) is 10.7. The van der Waals surface area contributed by atoms with Gasteiger partial charge in [0.25, 0.3) is 0 Å². The third kappa shape index (κ3) is 5.43. The molecule has 4 aromatic rings. The average Bonchev–Trinajstić information content (AvgIpc) is 3.31. The van der Waals surface area contributed by atoms with E-state index in [1.165, 1.54) is 12.1 Å². The molecule has 1 N–H and O–H groups in total. The molecule has 34 heavy (non-hydrogen) atoms. The lowest BCUT2D eigenvalue weighted by Crippen LogP contribution is -2.23. The van der Waals surface area contributed by atoms with E-state index >= 15 is 0 Å². The summed E-state index contributed by atoms with van der Waals surface area (Å²) in [5, 5.41) is 7.66. The molecule has 0 aliphatic heterocycles. The van der Waals surface area contributed by atoms with E-state index in [9.17, 15) is 9.18 Å². The van der Waals surface area contributed by atoms with Crippen LogP contribution >= 0.6 is 0 Å². The quantitative estimate of drug-likeness (QED) is 0.385. The number of halogens is 1. The van der Waals surface area contributed by atoms with Crippen LogP contribution in [0.3, 0.4) is 0 Å². The van der Waals surface area contributed by atoms with Crippen molar-refractivity contribution < 1.29 is 18.7 Å². The van der Waals surface area contributed by atoms with Crippen LogP contribution in [0.25, 0.3) is 16.9 Å². The zero-order valence-corrected chi connectivity index (χ0v) is 19.1. The van der Waals surface area contributed by atoms with Crippen LogP contribution in [0.5, 0.6) is 11.5 Å². The summed E-state index contributed by atoms with van der Waals surface area (Å²) in [4.78, 5) is 12.6. The van der Waals surface area contributed by atoms with E-state index < -0.39 is 0 Å². The van der Waals surface area contributed by atoms with Crippen LogP contribution in [-0.4, -0.2) is 29.9 Å². The van der Waals surface area contributed by atoms with Crippen LogP contribution in [0, 0.1) is 5.82 Å². The number of nitrogens with one attached hydrogen (secondary N) is 1. The molecule has 0 aliphatic carbocycles. The van der Waals surface area contributed by atoms with E-state index in [0.29, 0.717) is 24.4 Å². The van der Waals surface area contributed by atoms with E-state index in [1.54, 1.807) is 31.0 Å². The molecule has 0 unspecified atom stereocenters. The molecule has 174 valence electrons. The van der Waals surface area contributed by atoms with E-state index in [0.717, 1.165) is 28.1 Å². The SMILES string of the molecule is COc1cccc(-c2nn(-c3cccc(F)c3)cc2CCC(=O)NCc2ccccc2OC)c1. The number of hydrogen-bond donors (Lipinski definition) is 1. The molecule has 4 rings (SSSR count). The first-order valence-corrected chi connectivity index (χ1v) is 10.9. The zero-order valence-electron chi connectivity index (χ0n) is 19.1. The Morgan fingerprint density at radius 1 is 0.971 bits per heavy atom. The fourth-order valence-corrected chi connectivity index (χ4v) is 3.74. The van der Waals surface area contributed by atoms with Crippen molar-refractivity contribution in [3.8, 4) is 28.4 Å². The molecule has 0 bridgehead atoms. The van der Waals surface area contributed by atoms with Crippen LogP contribution in [0.1, 0.15) is 17.5 Å². The number of hydrogen-bond acceptors (Lipinski definition) is 4. The fraction of sp³-hybridized carbons (Fsp3) is 0.185. The minimum Gasteiger partial charge on any atom is -0.497 e. The summed E-state index contributed by atoms with van der Waals surface area (Å²) in [5.41, 5.74) is 3.98. The van der Waals surface area contributed by atoms with Crippen LogP contribution in [0.15, 0.2) is 79.0 Å². The van der Waals surface area contributed by atoms with Crippen molar-refractivity contribution in [2.24, 2.45) is 0 Å². The van der Waals surface area contributed by atoms with Gasteiger partial charge < -0.3 is 14.8 Å². The van der Waals surface area contributed by atoms with Gasteiger partial charge in [-0.25, -0.2) is 9.07 Å². The van der Waals surface area contributed by atoms with Crippen molar-refractivity contribution >= 4 is 5.91 Å². The molecule has 1 amide bonds. The monoisotopic (exact) mass is 459 g/mol. The van der Waals surface area contributed by atoms with Crippen LogP contribution in [0.2, 0.25) is 0 Å². The summed E-state index contributed by atoms with van der Waals surface area (Å²) >= 11 is 0. The van der Waals surface area contributed by atoms with Crippen molar-refractivity contribution in [2.45, 2.75) is 19.4 Å². The highest BCUT2D eigenvalue weighted by molar-refractivity contribution is 5.77. The number of methoxy groups -OCH3 is 2. The fourth-order valence-electron chi connectivity index (χ4n) is 3.74. The second-order valence-electron chi connectivity index (χ2n) is 7.75. The van der Waals surface area contributed by atoms with E-state index in [-0.39, 0.29) is 18.1 Å². The summed E-state index contributed by atoms with van der Waals surface area (Å²) in [6.45, 7) is 0.383. The Bertz CT molecular complexity index is 1290. The number of carbonyl (C=O) groups excluding carboxylic acids is 1. The highest BCUT2D eigenvalue weighted by Crippen LogP contribution is 2.28. The maximum atomic E-state index is 13.8. The number of carbonyl (C=O) groups is 1. The van der Waals surface area contributed by atoms with E-state index in [1.807, 2.05) is 54.7 Å². The van der Waals surface area contributed by atoms with Gasteiger partial charge in [-0.15, -0.1) is 0 Å². The molecular weight excluding hydrogens is 433 g/mol. The van der Waals surface area contributed by atoms with Gasteiger partial charge in [0.05, 0.1) is 25.6 Å². The number of ether oxygens (including phenoxy) is 2. The maximum absolute atomic E-state index is 13.8. The Labute approximate surface area is 198 Å². The van der Waals surface area contributed by atoms with Crippen LogP contribution < -0.4 is 14.8 Å². The molecule has 0 fully saturated rings. The number of aromatic nitrogens is 2. The van der Waals surface area contributed by atoms with Gasteiger partial charge in [-0.05, 0) is 48.4 Å². The average molecular weight is 460 g/mol. The lowest BCUT2D eigenvalue weighted by atomic mass is 10.0. The van der Waals surface area contributed by atoms with Gasteiger partial charge in [0, 0.05) is 30.3 Å². The minimum atomic E-state index is -0.340. The third-order valence-corrected chi connectivity index (χ3v) is 5.50. The summed E-state index contributed by atoms with van der Waals surface area (Å²) in [6.07, 6.45) is 2.59. The minimum absolute atomic E-state index is 0.0824. The molecule has 1 heterocycles. The zero-order chi connectivity index (χ0) is 23.9. The Balaban J connectivity index is 1.54. The van der Waals surface area contributed by atoms with Crippen molar-refractivity contribution in [2.75, 3.05) is 14.2 Å². The van der Waals surface area contributed by atoms with Gasteiger partial charge in [-0.3, -0.25) is 4.79 Å². The number of nitrogens with zero attached hydrogens (tertiary/aromatic N) is 2. The molecule has 0 saturated heterocycles. The second kappa shape index (κ2) is 10.7. The highest BCUT2D eigenvalue weighted by Gasteiger charge is 2.15. The molecule has 7 heteroatoms. The predicted octanol–water partition coefficient (Wildman–Crippen LogP) is 4.94. The molecule has 3 aromatic carbocycles. The highest BCUT2D eigenvalue weighted by atomic mass is 19.1. The topological polar surface area (TPSA) is 65.4 Å². The molecule has 0 aliphatic rings. The Morgan fingerprint density at radius 3 is 2.59 bits per heavy atom. The Kier molecular flexibility index (Phi) is 7.22. The predicted molar refractivity (Wildman–Crippen MR) is 129 cm³/mol. The van der Waals surface area contributed by atoms with Gasteiger partial charge in [-0.2, -0.15) is 5.10 Å². The van der Waals surface area contributed by atoms with Crippen LogP contribution in [0.4, 0.5) is 4.39 Å². The van der Waals surface area contributed by atoms with Crippen molar-refractivity contribution in [1.82, 2.24) is 15.1 Å². The molecular formula is C27H26FN3O3. The molecule has 1 aromatic heterocycles. The number of para-hydroxylation sites is 1. The van der Waals surface area contributed by atoms with Gasteiger partial charge in [0.2, 0.25) is 5.91 Å². The van der Waals surface area contributed by atoms with E-state index in [4.69, 9.17) is 14.6 Å². The summed E-state index contributed by atoms with van der Waals surface area (Å²) in [7, 11) is 3.22. The summed E-state index contributed by atoms with van der Waals surface area (Å²) in [5.74, 6) is 1.02. The van der Waals surface area contributed by atoms with Crippen molar-refractivity contribution in [3.05, 3.63) is 95.9 Å². The van der Waals surface area contributed by atoms with Gasteiger partial charge in [-0.1, -0.05) is 36.4 Å². The van der Waals surface area contributed by atoms with Crippen molar-refractivity contribution in [1.29, 1.82) is 0 Å². The number of rotatable bonds is 9. The molecule has 0 radical (unpaired) electrons. The summed E-state index contributed by atoms with van der Waals surface area (Å²) < 4.78 is 26.1. The number of amides is 1. The molecule has 0 spiro atoms. The summed E-state index contributed by atoms with van der Waals surface area (Å²) in [6, 6.07) is 21.4. The van der Waals surface area contributed by atoms with Gasteiger partial charge >= 0.3 is 0 Å². The lowest BCUT2D eigenvalue weighted by Gasteiger charge is -2.09. The smallest absolute Gasteiger partial charge is 0.220 e. The largest absolute Gasteiger partial charge is 0.497 e. The number of benzene rings is 3. The van der Waals surface area contributed by atoms with Crippen LogP contribution in [-0.2, 0) is 17.8 Å². The first-order valence-electron chi connectivity index (χ1n) is 10.9. The molecule has 6 nitrogen and oxygen atoms in total. The lowest BCUT2D eigenvalue weighted by molar-refractivity contribution is -0.121. The second-order valence-corrected chi connectivity index (χ2v) is 7.75. The first-order chi connectivity index (χ1) is 16.6. The van der Waals surface area contributed by atoms with Gasteiger partial charge in [0.1, 0.15) is 17.3 Å². The molecule has 0 atom stereocenters. The standard InChI is InChI=1S/C27H26FN3O3/c1-33-24-11-5-8-19(15-24)27-21(18-31(30-27)23-10-6-9-22(28)16-23)13-14-26(32)29-17-20-7-3-4-12-25(20)34-2/h3-12,15-16,18H,13-14,17H2,1-2H3,(H,29,32). The molecule has 0 saturated carbocycles. The third-order valence-electron chi connectivity index (χ3n) is 5.50. The maximum Gasteiger partial charge on any atom is 0.220 e. The first kappa shape index (κ1) is 23.0. The van der Waals surface area contributed by atoms with Crippen molar-refractivity contribution in [3.63, 3.8) is 0 Å². The number of aryl methyl sites for hydroxylation is 1. The Morgan fingerprint density at radius 2 is 1.79 bits per heavy atom. The van der Waals surface area contributed by atoms with Gasteiger partial charge in [0.15, 0.2) is 0 Å².